The predicted molar refractivity (Wildman–Crippen MR) is 210 cm³/mol. The summed E-state index contributed by atoms with van der Waals surface area (Å²) in [5.41, 5.74) is 13.5. The number of fused-ring (bicyclic) bond motifs is 11. The lowest BCUT2D eigenvalue weighted by atomic mass is 9.62. The Kier molecular flexibility index (Phi) is 6.29. The van der Waals surface area contributed by atoms with E-state index < -0.39 is 5.41 Å². The molecular formula is C49H33NO2. The second-order valence-electron chi connectivity index (χ2n) is 13.9. The van der Waals surface area contributed by atoms with Crippen molar-refractivity contribution in [3.63, 3.8) is 0 Å². The second kappa shape index (κ2) is 11.2. The molecule has 1 unspecified atom stereocenters. The molecule has 3 heteroatoms. The van der Waals surface area contributed by atoms with Crippen LogP contribution in [0.4, 0.5) is 0 Å². The topological polar surface area (TPSA) is 23.4 Å². The third kappa shape index (κ3) is 4.14. The maximum Gasteiger partial charge on any atom is 0.132 e. The average molecular weight is 668 g/mol. The molecule has 8 aromatic rings. The van der Waals surface area contributed by atoms with Crippen molar-refractivity contribution < 1.29 is 9.47 Å². The first-order valence-corrected chi connectivity index (χ1v) is 18.1. The highest BCUT2D eigenvalue weighted by Crippen LogP contribution is 2.62. The van der Waals surface area contributed by atoms with E-state index in [9.17, 15) is 0 Å². The molecule has 0 saturated carbocycles. The van der Waals surface area contributed by atoms with Crippen LogP contribution in [-0.4, -0.2) is 4.57 Å². The zero-order valence-electron chi connectivity index (χ0n) is 28.4. The quantitative estimate of drug-likeness (QED) is 0.187. The van der Waals surface area contributed by atoms with Gasteiger partial charge in [-0.05, 0) is 89.7 Å². The molecule has 3 aliphatic rings. The van der Waals surface area contributed by atoms with Crippen LogP contribution in [0.15, 0.2) is 170 Å². The van der Waals surface area contributed by atoms with Gasteiger partial charge in [0.2, 0.25) is 0 Å². The van der Waals surface area contributed by atoms with Gasteiger partial charge in [0.1, 0.15) is 23.0 Å². The van der Waals surface area contributed by atoms with E-state index in [-0.39, 0.29) is 0 Å². The van der Waals surface area contributed by atoms with Gasteiger partial charge < -0.3 is 14.0 Å². The Morgan fingerprint density at radius 3 is 1.67 bits per heavy atom. The van der Waals surface area contributed by atoms with Gasteiger partial charge in [-0.3, -0.25) is 0 Å². The van der Waals surface area contributed by atoms with Crippen LogP contribution in [0.3, 0.4) is 0 Å². The lowest BCUT2D eigenvalue weighted by Crippen LogP contribution is -2.36. The molecule has 1 aliphatic carbocycles. The molecule has 2 aliphatic heterocycles. The molecule has 0 amide bonds. The number of allylic oxidation sites excluding steroid dienone is 1. The van der Waals surface area contributed by atoms with Gasteiger partial charge in [0.25, 0.3) is 0 Å². The minimum atomic E-state index is -0.687. The summed E-state index contributed by atoms with van der Waals surface area (Å²) < 4.78 is 16.0. The Hall–Kier alpha value is -6.58. The van der Waals surface area contributed by atoms with Crippen molar-refractivity contribution in [1.29, 1.82) is 0 Å². The van der Waals surface area contributed by atoms with E-state index in [1.165, 1.54) is 39.0 Å². The summed E-state index contributed by atoms with van der Waals surface area (Å²) in [7, 11) is 0. The Balaban J connectivity index is 1.18. The van der Waals surface area contributed by atoms with Gasteiger partial charge in [0, 0.05) is 44.6 Å². The molecule has 246 valence electrons. The first-order valence-electron chi connectivity index (χ1n) is 18.1. The molecule has 1 atom stereocenters. The molecule has 0 saturated heterocycles. The van der Waals surface area contributed by atoms with Gasteiger partial charge in [0.15, 0.2) is 0 Å². The van der Waals surface area contributed by atoms with E-state index in [0.717, 1.165) is 69.2 Å². The molecule has 52 heavy (non-hydrogen) atoms. The van der Waals surface area contributed by atoms with Crippen LogP contribution in [0, 0.1) is 0 Å². The van der Waals surface area contributed by atoms with Crippen molar-refractivity contribution >= 4 is 17.0 Å². The van der Waals surface area contributed by atoms with Crippen LogP contribution in [0.5, 0.6) is 23.0 Å². The van der Waals surface area contributed by atoms with Gasteiger partial charge in [-0.2, -0.15) is 0 Å². The summed E-state index contributed by atoms with van der Waals surface area (Å²) in [5, 5.41) is 1.28. The maximum atomic E-state index is 6.79. The molecule has 3 heterocycles. The van der Waals surface area contributed by atoms with E-state index in [1.807, 2.05) is 0 Å². The van der Waals surface area contributed by atoms with Crippen LogP contribution >= 0.6 is 0 Å². The summed E-state index contributed by atoms with van der Waals surface area (Å²) in [6.07, 6.45) is 6.69. The van der Waals surface area contributed by atoms with Crippen molar-refractivity contribution in [2.45, 2.75) is 18.3 Å². The summed E-state index contributed by atoms with van der Waals surface area (Å²) in [5.74, 6) is 3.42. The molecular weight excluding hydrogens is 635 g/mol. The predicted octanol–water partition coefficient (Wildman–Crippen LogP) is 12.5. The fourth-order valence-corrected chi connectivity index (χ4v) is 8.92. The van der Waals surface area contributed by atoms with Crippen LogP contribution in [0.2, 0.25) is 0 Å². The van der Waals surface area contributed by atoms with E-state index in [4.69, 9.17) is 9.47 Å². The minimum absolute atomic E-state index is 0.687. The SMILES string of the molecule is C1=Cc2c(n(-c3ccccc3)c3cc(-c4ccc5c(c4)C4(c6ccccc6Oc6ccc(-c7ccccc7)cc64)c4ccccc4O5)ccc23)CC1. The third-order valence-corrected chi connectivity index (χ3v) is 11.2. The number of ether oxygens (including phenoxy) is 2. The maximum absolute atomic E-state index is 6.79. The Morgan fingerprint density at radius 1 is 0.462 bits per heavy atom. The minimum Gasteiger partial charge on any atom is -0.457 e. The van der Waals surface area contributed by atoms with Gasteiger partial charge in [-0.1, -0.05) is 121 Å². The van der Waals surface area contributed by atoms with Gasteiger partial charge in [-0.15, -0.1) is 0 Å². The van der Waals surface area contributed by atoms with E-state index >= 15 is 0 Å². The Bertz CT molecular complexity index is 2700. The average Bonchev–Trinajstić information content (AvgIpc) is 3.55. The molecule has 11 rings (SSSR count). The van der Waals surface area contributed by atoms with Crippen LogP contribution in [0.25, 0.3) is 44.9 Å². The number of rotatable bonds is 3. The van der Waals surface area contributed by atoms with Crippen molar-refractivity contribution in [2.24, 2.45) is 0 Å². The summed E-state index contributed by atoms with van der Waals surface area (Å²) in [6, 6.07) is 58.7. The van der Waals surface area contributed by atoms with Crippen molar-refractivity contribution in [3.05, 3.63) is 203 Å². The first kappa shape index (κ1) is 29.2. The van der Waals surface area contributed by atoms with Gasteiger partial charge in [0.05, 0.1) is 10.9 Å². The molecule has 0 bridgehead atoms. The number of hydrogen-bond donors (Lipinski definition) is 0. The zero-order chi connectivity index (χ0) is 34.2. The highest BCUT2D eigenvalue weighted by Gasteiger charge is 2.50. The smallest absolute Gasteiger partial charge is 0.132 e. The number of nitrogens with zero attached hydrogens (tertiary/aromatic N) is 1. The second-order valence-corrected chi connectivity index (χ2v) is 13.9. The highest BCUT2D eigenvalue weighted by atomic mass is 16.5. The van der Waals surface area contributed by atoms with E-state index in [1.54, 1.807) is 0 Å². The lowest BCUT2D eigenvalue weighted by Gasteiger charge is -2.45. The van der Waals surface area contributed by atoms with Crippen LogP contribution in [0.1, 0.15) is 39.9 Å². The largest absolute Gasteiger partial charge is 0.457 e. The fourth-order valence-electron chi connectivity index (χ4n) is 8.92. The summed E-state index contributed by atoms with van der Waals surface area (Å²) >= 11 is 0. The van der Waals surface area contributed by atoms with Gasteiger partial charge in [-0.25, -0.2) is 0 Å². The molecule has 7 aromatic carbocycles. The van der Waals surface area contributed by atoms with Crippen LogP contribution < -0.4 is 9.47 Å². The number of aromatic nitrogens is 1. The summed E-state index contributed by atoms with van der Waals surface area (Å²) in [6.45, 7) is 0. The monoisotopic (exact) mass is 667 g/mol. The van der Waals surface area contributed by atoms with E-state index in [0.29, 0.717) is 0 Å². The molecule has 0 radical (unpaired) electrons. The fraction of sp³-hybridized carbons (Fsp3) is 0.0612. The van der Waals surface area contributed by atoms with Crippen LogP contribution in [-0.2, 0) is 11.8 Å². The molecule has 0 N–H and O–H groups in total. The molecule has 3 nitrogen and oxygen atoms in total. The number of hydrogen-bond acceptors (Lipinski definition) is 2. The lowest BCUT2D eigenvalue weighted by molar-refractivity contribution is 0.399. The van der Waals surface area contributed by atoms with Crippen molar-refractivity contribution in [3.8, 4) is 50.9 Å². The Morgan fingerprint density at radius 2 is 1.00 bits per heavy atom. The van der Waals surface area contributed by atoms with E-state index in [2.05, 4.69) is 181 Å². The Labute approximate surface area is 302 Å². The summed E-state index contributed by atoms with van der Waals surface area (Å²) in [4.78, 5) is 0. The molecule has 0 fully saturated rings. The normalized spacial score (nSPS) is 16.2. The zero-order valence-corrected chi connectivity index (χ0v) is 28.4. The highest BCUT2D eigenvalue weighted by molar-refractivity contribution is 5.96. The van der Waals surface area contributed by atoms with Gasteiger partial charge >= 0.3 is 0 Å². The molecule has 1 aromatic heterocycles. The van der Waals surface area contributed by atoms with Crippen molar-refractivity contribution in [2.75, 3.05) is 0 Å². The third-order valence-electron chi connectivity index (χ3n) is 11.2. The number of benzene rings is 7. The molecule has 1 spiro atoms. The van der Waals surface area contributed by atoms with Crippen molar-refractivity contribution in [1.82, 2.24) is 4.57 Å². The first-order chi connectivity index (χ1) is 25.8. The standard InChI is InChI=1S/C49H33NO2/c1-3-13-32(14-4-1)33-24-27-47-41(29-33)49(39-18-8-11-21-45(39)51-47)40-19-9-12-22-46(40)52-48-28-25-34(30-42(48)49)35-23-26-38-37-17-7-10-20-43(37)50(44(38)31-35)36-15-5-2-6-16-36/h1-9,11-19,21-31H,10,20H2. The number of para-hydroxylation sites is 3.